The van der Waals surface area contributed by atoms with Crippen LogP contribution >= 0.6 is 0 Å². The third-order valence-electron chi connectivity index (χ3n) is 6.46. The predicted octanol–water partition coefficient (Wildman–Crippen LogP) is 7.89. The number of rotatable bonds is 8. The Morgan fingerprint density at radius 1 is 1.00 bits per heavy atom. The summed E-state index contributed by atoms with van der Waals surface area (Å²) in [4.78, 5) is 11.6. The fourth-order valence-corrected chi connectivity index (χ4v) is 4.10. The normalized spacial score (nSPS) is 18.4. The van der Waals surface area contributed by atoms with Crippen LogP contribution in [-0.2, 0) is 20.4 Å². The van der Waals surface area contributed by atoms with Crippen molar-refractivity contribution in [3.63, 3.8) is 0 Å². The van der Waals surface area contributed by atoms with Crippen LogP contribution in [-0.4, -0.2) is 19.2 Å². The Labute approximate surface area is 197 Å². The average molecular weight is 461 g/mol. The van der Waals surface area contributed by atoms with Crippen LogP contribution in [0.3, 0.4) is 0 Å². The maximum absolute atomic E-state index is 15.2. The van der Waals surface area contributed by atoms with Crippen LogP contribution in [0.5, 0.6) is 5.75 Å². The molecule has 3 nitrogen and oxygen atoms in total. The van der Waals surface area contributed by atoms with Crippen LogP contribution < -0.4 is 4.74 Å². The number of esters is 1. The zero-order valence-corrected chi connectivity index (χ0v) is 21.3. The first-order chi connectivity index (χ1) is 15.4. The van der Waals surface area contributed by atoms with E-state index in [1.54, 1.807) is 13.8 Å². The number of allylic oxidation sites excluding steroid dienone is 5. The molecule has 1 aromatic rings. The van der Waals surface area contributed by atoms with Crippen LogP contribution in [0.15, 0.2) is 41.5 Å². The number of carbonyl (C=O) groups is 1. The molecule has 0 aliphatic heterocycles. The molecule has 33 heavy (non-hydrogen) atoms. The van der Waals surface area contributed by atoms with E-state index in [1.165, 1.54) is 30.2 Å². The molecule has 0 amide bonds. The molecule has 0 saturated heterocycles. The van der Waals surface area contributed by atoms with Gasteiger partial charge in [0.05, 0.1) is 13.2 Å². The molecule has 0 radical (unpaired) electrons. The Kier molecular flexibility index (Phi) is 8.67. The first-order valence-corrected chi connectivity index (χ1v) is 11.8. The van der Waals surface area contributed by atoms with E-state index in [-0.39, 0.29) is 23.0 Å². The molecular formula is C28H38F2O3. The molecule has 1 aliphatic carbocycles. The lowest BCUT2D eigenvalue weighted by Gasteiger charge is -2.42. The minimum absolute atomic E-state index is 0.00665. The van der Waals surface area contributed by atoms with Crippen molar-refractivity contribution in [2.75, 3.05) is 13.2 Å². The predicted molar refractivity (Wildman–Crippen MR) is 131 cm³/mol. The Balaban J connectivity index is 2.58. The second kappa shape index (κ2) is 10.7. The molecule has 0 heterocycles. The number of hydrogen-bond acceptors (Lipinski definition) is 3. The highest BCUT2D eigenvalue weighted by Crippen LogP contribution is 2.48. The van der Waals surface area contributed by atoms with Crippen molar-refractivity contribution in [3.05, 3.63) is 58.2 Å². The highest BCUT2D eigenvalue weighted by molar-refractivity contribution is 5.87. The molecule has 5 heteroatoms. The van der Waals surface area contributed by atoms with Gasteiger partial charge in [-0.25, -0.2) is 9.18 Å². The summed E-state index contributed by atoms with van der Waals surface area (Å²) >= 11 is 0. The van der Waals surface area contributed by atoms with Crippen molar-refractivity contribution >= 4 is 11.5 Å². The highest BCUT2D eigenvalue weighted by Gasteiger charge is 2.38. The van der Waals surface area contributed by atoms with Gasteiger partial charge in [-0.05, 0) is 91.3 Å². The molecule has 0 aromatic heterocycles. The fraction of sp³-hybridized carbons (Fsp3) is 0.536. The third-order valence-corrected chi connectivity index (χ3v) is 6.46. The van der Waals surface area contributed by atoms with Crippen LogP contribution in [0, 0.1) is 0 Å². The summed E-state index contributed by atoms with van der Waals surface area (Å²) in [7, 11) is 0. The van der Waals surface area contributed by atoms with Crippen molar-refractivity contribution in [3.8, 4) is 5.75 Å². The Morgan fingerprint density at radius 2 is 1.58 bits per heavy atom. The molecular weight excluding hydrogens is 422 g/mol. The molecule has 182 valence electrons. The lowest BCUT2D eigenvalue weighted by Crippen LogP contribution is -2.34. The summed E-state index contributed by atoms with van der Waals surface area (Å²) in [5.74, 6) is -1.92. The van der Waals surface area contributed by atoms with Gasteiger partial charge in [-0.1, -0.05) is 40.7 Å². The van der Waals surface area contributed by atoms with Gasteiger partial charge in [-0.3, -0.25) is 0 Å². The highest BCUT2D eigenvalue weighted by atomic mass is 19.1. The standard InChI is InChI=1S/C28H38F2O3/c1-9-15-33-24-17-22-21(27(5,6)13-14-28(22,7)8)16-20(24)19(4)23(29)12-11-18(3)25(30)26(31)32-10-2/h11-12,16-17H,9-10,13-15H2,1-8H3. The van der Waals surface area contributed by atoms with Crippen molar-refractivity contribution in [2.24, 2.45) is 0 Å². The van der Waals surface area contributed by atoms with Crippen LogP contribution in [0.2, 0.25) is 0 Å². The van der Waals surface area contributed by atoms with Crippen LogP contribution in [0.25, 0.3) is 5.57 Å². The largest absolute Gasteiger partial charge is 0.493 e. The second-order valence-corrected chi connectivity index (χ2v) is 10.0. The van der Waals surface area contributed by atoms with Crippen LogP contribution in [0.1, 0.15) is 91.3 Å². The zero-order valence-electron chi connectivity index (χ0n) is 21.3. The molecule has 2 rings (SSSR count). The molecule has 0 spiro atoms. The quantitative estimate of drug-likeness (QED) is 0.225. The first kappa shape index (κ1) is 26.8. The van der Waals surface area contributed by atoms with Crippen molar-refractivity contribution in [1.29, 1.82) is 0 Å². The number of benzene rings is 1. The number of carbonyl (C=O) groups excluding carboxylic acids is 1. The molecule has 0 bridgehead atoms. The van der Waals surface area contributed by atoms with Gasteiger partial charge < -0.3 is 9.47 Å². The summed E-state index contributed by atoms with van der Waals surface area (Å²) in [6.45, 7) is 16.3. The Hall–Kier alpha value is -2.43. The van der Waals surface area contributed by atoms with E-state index in [2.05, 4.69) is 44.6 Å². The van der Waals surface area contributed by atoms with E-state index in [1.807, 2.05) is 6.92 Å². The number of fused-ring (bicyclic) bond motifs is 1. The topological polar surface area (TPSA) is 35.5 Å². The molecule has 0 N–H and O–H groups in total. The third kappa shape index (κ3) is 6.13. The van der Waals surface area contributed by atoms with E-state index >= 15 is 4.39 Å². The van der Waals surface area contributed by atoms with Gasteiger partial charge in [-0.2, -0.15) is 4.39 Å². The maximum Gasteiger partial charge on any atom is 0.367 e. The average Bonchev–Trinajstić information content (AvgIpc) is 2.77. The van der Waals surface area contributed by atoms with Crippen LogP contribution in [0.4, 0.5) is 8.78 Å². The van der Waals surface area contributed by atoms with Gasteiger partial charge in [0, 0.05) is 5.56 Å². The SMILES string of the molecule is CCCOc1cc2c(cc1C(C)=C(F)C=CC(C)=C(F)C(=O)OCC)C(C)(C)CCC2(C)C. The van der Waals surface area contributed by atoms with Gasteiger partial charge in [-0.15, -0.1) is 0 Å². The molecule has 0 saturated carbocycles. The monoisotopic (exact) mass is 460 g/mol. The van der Waals surface area contributed by atoms with Gasteiger partial charge in [0.25, 0.3) is 0 Å². The van der Waals surface area contributed by atoms with Gasteiger partial charge in [0.2, 0.25) is 5.83 Å². The van der Waals surface area contributed by atoms with E-state index in [4.69, 9.17) is 4.74 Å². The number of hydrogen-bond donors (Lipinski definition) is 0. The summed E-state index contributed by atoms with van der Waals surface area (Å²) in [6.07, 6.45) is 5.39. The van der Waals surface area contributed by atoms with Crippen molar-refractivity contribution in [2.45, 2.75) is 85.5 Å². The summed E-state index contributed by atoms with van der Waals surface area (Å²) in [6, 6.07) is 4.14. The molecule has 0 atom stereocenters. The minimum atomic E-state index is -1.05. The van der Waals surface area contributed by atoms with Crippen molar-refractivity contribution in [1.82, 2.24) is 0 Å². The van der Waals surface area contributed by atoms with Gasteiger partial charge >= 0.3 is 5.97 Å². The maximum atomic E-state index is 15.2. The van der Waals surface area contributed by atoms with E-state index in [0.717, 1.165) is 19.3 Å². The molecule has 1 aromatic carbocycles. The van der Waals surface area contributed by atoms with Gasteiger partial charge in [0.15, 0.2) is 0 Å². The smallest absolute Gasteiger partial charge is 0.367 e. The van der Waals surface area contributed by atoms with Crippen molar-refractivity contribution < 1.29 is 23.0 Å². The Bertz CT molecular complexity index is 981. The lowest BCUT2D eigenvalue weighted by molar-refractivity contribution is -0.140. The molecule has 1 aliphatic rings. The number of halogens is 2. The summed E-state index contributed by atoms with van der Waals surface area (Å²) in [5.41, 5.74) is 3.54. The Morgan fingerprint density at radius 3 is 2.12 bits per heavy atom. The molecule has 0 unspecified atom stereocenters. The zero-order chi connectivity index (χ0) is 25.0. The lowest BCUT2D eigenvalue weighted by atomic mass is 9.62. The summed E-state index contributed by atoms with van der Waals surface area (Å²) < 4.78 is 40.0. The van der Waals surface area contributed by atoms with E-state index in [0.29, 0.717) is 23.5 Å². The first-order valence-electron chi connectivity index (χ1n) is 11.8. The van der Waals surface area contributed by atoms with E-state index in [9.17, 15) is 9.18 Å². The van der Waals surface area contributed by atoms with E-state index < -0.39 is 17.6 Å². The van der Waals surface area contributed by atoms with Gasteiger partial charge in [0.1, 0.15) is 11.6 Å². The molecule has 0 fully saturated rings. The fourth-order valence-electron chi connectivity index (χ4n) is 4.10. The number of ether oxygens (including phenoxy) is 2. The second-order valence-electron chi connectivity index (χ2n) is 10.0. The minimum Gasteiger partial charge on any atom is -0.493 e. The summed E-state index contributed by atoms with van der Waals surface area (Å²) in [5, 5.41) is 0.